The van der Waals surface area contributed by atoms with E-state index in [2.05, 4.69) is 9.88 Å². The number of aromatic nitrogens is 1. The Morgan fingerprint density at radius 1 is 1.50 bits per heavy atom. The van der Waals surface area contributed by atoms with Gasteiger partial charge in [0.05, 0.1) is 6.04 Å². The summed E-state index contributed by atoms with van der Waals surface area (Å²) in [7, 11) is 1.96. The molecule has 94 valence electrons. The number of H-pyrrole nitrogens is 1. The number of hydrogen-bond acceptors (Lipinski definition) is 2. The molecule has 0 radical (unpaired) electrons. The summed E-state index contributed by atoms with van der Waals surface area (Å²) in [6.45, 7) is 0.952. The monoisotopic (exact) mass is 246 g/mol. The highest BCUT2D eigenvalue weighted by Gasteiger charge is 2.29. The molecule has 0 unspecified atom stereocenters. The summed E-state index contributed by atoms with van der Waals surface area (Å²) in [5, 5.41) is 0.681. The van der Waals surface area contributed by atoms with Gasteiger partial charge >= 0.3 is 0 Å². The summed E-state index contributed by atoms with van der Waals surface area (Å²) < 4.78 is 13.3. The number of aromatic amines is 1. The molecule has 0 bridgehead atoms. The second-order valence-corrected chi connectivity index (χ2v) is 4.90. The zero-order chi connectivity index (χ0) is 12.7. The van der Waals surface area contributed by atoms with Crippen molar-refractivity contribution in [1.29, 1.82) is 0 Å². The van der Waals surface area contributed by atoms with Gasteiger partial charge in [0, 0.05) is 22.7 Å². The average Bonchev–Trinajstić information content (AvgIpc) is 2.94. The van der Waals surface area contributed by atoms with Gasteiger partial charge in [-0.25, -0.2) is 4.39 Å². The fourth-order valence-corrected chi connectivity index (χ4v) is 2.72. The number of hydrogen-bond donors (Lipinski definition) is 1. The maximum absolute atomic E-state index is 13.3. The van der Waals surface area contributed by atoms with Crippen LogP contribution in [0.5, 0.6) is 0 Å². The molecular formula is C14H15FN2O. The lowest BCUT2D eigenvalue weighted by Crippen LogP contribution is -2.32. The van der Waals surface area contributed by atoms with E-state index >= 15 is 0 Å². The van der Waals surface area contributed by atoms with Crippen molar-refractivity contribution in [2.45, 2.75) is 18.9 Å². The SMILES string of the molecule is CN1CCC[C@H]1C(=O)c1c[nH]c2ccc(F)cc12. The Balaban J connectivity index is 2.03. The van der Waals surface area contributed by atoms with Crippen molar-refractivity contribution in [1.82, 2.24) is 9.88 Å². The van der Waals surface area contributed by atoms with Gasteiger partial charge in [-0.15, -0.1) is 0 Å². The predicted molar refractivity (Wildman–Crippen MR) is 68.2 cm³/mol. The minimum absolute atomic E-state index is 0.0627. The van der Waals surface area contributed by atoms with Gasteiger partial charge in [0.2, 0.25) is 0 Å². The molecular weight excluding hydrogens is 231 g/mol. The Morgan fingerprint density at radius 3 is 3.06 bits per heavy atom. The zero-order valence-corrected chi connectivity index (χ0v) is 10.2. The molecule has 1 aromatic heterocycles. The number of fused-ring (bicyclic) bond motifs is 1. The number of ketones is 1. The van der Waals surface area contributed by atoms with E-state index in [1.807, 2.05) is 7.05 Å². The first-order valence-corrected chi connectivity index (χ1v) is 6.18. The van der Waals surface area contributed by atoms with Gasteiger partial charge in [-0.05, 0) is 44.6 Å². The van der Waals surface area contributed by atoms with Gasteiger partial charge in [0.15, 0.2) is 5.78 Å². The topological polar surface area (TPSA) is 36.1 Å². The van der Waals surface area contributed by atoms with Crippen molar-refractivity contribution in [2.24, 2.45) is 0 Å². The van der Waals surface area contributed by atoms with Gasteiger partial charge in [-0.3, -0.25) is 9.69 Å². The molecule has 1 aliphatic rings. The fraction of sp³-hybridized carbons (Fsp3) is 0.357. The summed E-state index contributed by atoms with van der Waals surface area (Å²) in [5.74, 6) is -0.220. The lowest BCUT2D eigenvalue weighted by Gasteiger charge is -2.17. The van der Waals surface area contributed by atoms with Crippen LogP contribution in [0, 0.1) is 5.82 Å². The molecule has 1 aromatic carbocycles. The van der Waals surface area contributed by atoms with Gasteiger partial charge in [-0.1, -0.05) is 0 Å². The highest BCUT2D eigenvalue weighted by atomic mass is 19.1. The van der Waals surface area contributed by atoms with Crippen molar-refractivity contribution in [3.05, 3.63) is 35.8 Å². The lowest BCUT2D eigenvalue weighted by atomic mass is 10.0. The van der Waals surface area contributed by atoms with Crippen LogP contribution in [0.2, 0.25) is 0 Å². The second-order valence-electron chi connectivity index (χ2n) is 4.90. The van der Waals surface area contributed by atoms with Gasteiger partial charge < -0.3 is 4.98 Å². The standard InChI is InChI=1S/C14H15FN2O/c1-17-6-2-3-13(17)14(18)11-8-16-12-5-4-9(15)7-10(11)12/h4-5,7-8,13,16H,2-3,6H2,1H3/t13-/m0/s1. The Kier molecular flexibility index (Phi) is 2.67. The molecule has 1 fully saturated rings. The van der Waals surface area contributed by atoms with E-state index in [0.29, 0.717) is 10.9 Å². The molecule has 1 atom stereocenters. The minimum atomic E-state index is -0.309. The van der Waals surface area contributed by atoms with Crippen molar-refractivity contribution in [3.8, 4) is 0 Å². The second kappa shape index (κ2) is 4.21. The number of nitrogens with one attached hydrogen (secondary N) is 1. The lowest BCUT2D eigenvalue weighted by molar-refractivity contribution is 0.0892. The number of Topliss-reactive ketones (excluding diaryl/α,β-unsaturated/α-hetero) is 1. The van der Waals surface area contributed by atoms with Gasteiger partial charge in [0.25, 0.3) is 0 Å². The third kappa shape index (κ3) is 1.73. The minimum Gasteiger partial charge on any atom is -0.360 e. The van der Waals surface area contributed by atoms with Crippen molar-refractivity contribution in [3.63, 3.8) is 0 Å². The van der Waals surface area contributed by atoms with E-state index in [-0.39, 0.29) is 17.6 Å². The number of rotatable bonds is 2. The summed E-state index contributed by atoms with van der Waals surface area (Å²) in [4.78, 5) is 17.6. The van der Waals surface area contributed by atoms with Crippen LogP contribution in [-0.2, 0) is 0 Å². The number of likely N-dealkylation sites (N-methyl/N-ethyl adjacent to an activating group) is 1. The molecule has 4 heteroatoms. The van der Waals surface area contributed by atoms with E-state index in [0.717, 1.165) is 24.9 Å². The Morgan fingerprint density at radius 2 is 2.33 bits per heavy atom. The van der Waals surface area contributed by atoms with Crippen molar-refractivity contribution in [2.75, 3.05) is 13.6 Å². The normalized spacial score (nSPS) is 20.7. The van der Waals surface area contributed by atoms with Gasteiger partial charge in [-0.2, -0.15) is 0 Å². The van der Waals surface area contributed by atoms with Crippen LogP contribution in [-0.4, -0.2) is 35.3 Å². The third-order valence-corrected chi connectivity index (χ3v) is 3.73. The first-order chi connectivity index (χ1) is 8.66. The van der Waals surface area contributed by atoms with Crippen LogP contribution in [0.3, 0.4) is 0 Å². The van der Waals surface area contributed by atoms with Crippen LogP contribution in [0.15, 0.2) is 24.4 Å². The van der Waals surface area contributed by atoms with Crippen molar-refractivity contribution >= 4 is 16.7 Å². The Bertz CT molecular complexity index is 605. The predicted octanol–water partition coefficient (Wildman–Crippen LogP) is 2.58. The molecule has 18 heavy (non-hydrogen) atoms. The summed E-state index contributed by atoms with van der Waals surface area (Å²) >= 11 is 0. The summed E-state index contributed by atoms with van der Waals surface area (Å²) in [5.41, 5.74) is 1.41. The molecule has 0 amide bonds. The van der Waals surface area contributed by atoms with E-state index in [1.165, 1.54) is 12.1 Å². The molecule has 0 spiro atoms. The first kappa shape index (κ1) is 11.4. The molecule has 1 N–H and O–H groups in total. The van der Waals surface area contributed by atoms with E-state index in [4.69, 9.17) is 0 Å². The maximum Gasteiger partial charge on any atom is 0.182 e. The number of nitrogens with zero attached hydrogens (tertiary/aromatic N) is 1. The third-order valence-electron chi connectivity index (χ3n) is 3.73. The highest BCUT2D eigenvalue weighted by molar-refractivity contribution is 6.10. The van der Waals surface area contributed by atoms with Crippen LogP contribution in [0.4, 0.5) is 4.39 Å². The van der Waals surface area contributed by atoms with Crippen LogP contribution >= 0.6 is 0 Å². The number of benzene rings is 1. The highest BCUT2D eigenvalue weighted by Crippen LogP contribution is 2.25. The molecule has 3 nitrogen and oxygen atoms in total. The quantitative estimate of drug-likeness (QED) is 0.827. The smallest absolute Gasteiger partial charge is 0.182 e. The summed E-state index contributed by atoms with van der Waals surface area (Å²) in [6.07, 6.45) is 3.62. The number of halogens is 1. The zero-order valence-electron chi connectivity index (χ0n) is 10.2. The Hall–Kier alpha value is -1.68. The van der Waals surface area contributed by atoms with Gasteiger partial charge in [0.1, 0.15) is 5.82 Å². The van der Waals surface area contributed by atoms with E-state index in [1.54, 1.807) is 12.3 Å². The van der Waals surface area contributed by atoms with E-state index < -0.39 is 0 Å². The van der Waals surface area contributed by atoms with Crippen LogP contribution < -0.4 is 0 Å². The average molecular weight is 246 g/mol. The van der Waals surface area contributed by atoms with Crippen LogP contribution in [0.1, 0.15) is 23.2 Å². The van der Waals surface area contributed by atoms with Crippen molar-refractivity contribution < 1.29 is 9.18 Å². The fourth-order valence-electron chi connectivity index (χ4n) is 2.72. The molecule has 1 aliphatic heterocycles. The molecule has 1 saturated heterocycles. The first-order valence-electron chi connectivity index (χ1n) is 6.18. The molecule has 0 aliphatic carbocycles. The number of likely N-dealkylation sites (tertiary alicyclic amines) is 1. The number of carbonyl (C=O) groups excluding carboxylic acids is 1. The molecule has 2 heterocycles. The maximum atomic E-state index is 13.3. The Labute approximate surface area is 105 Å². The molecule has 0 saturated carbocycles. The largest absolute Gasteiger partial charge is 0.360 e. The molecule has 2 aromatic rings. The summed E-state index contributed by atoms with van der Waals surface area (Å²) in [6, 6.07) is 4.43. The number of carbonyl (C=O) groups is 1. The van der Waals surface area contributed by atoms with Crippen LogP contribution in [0.25, 0.3) is 10.9 Å². The molecule has 3 rings (SSSR count). The van der Waals surface area contributed by atoms with E-state index in [9.17, 15) is 9.18 Å².